The summed E-state index contributed by atoms with van der Waals surface area (Å²) in [6.07, 6.45) is 0.527. The molecule has 2 aromatic rings. The average Bonchev–Trinajstić information content (AvgIpc) is 2.91. The van der Waals surface area contributed by atoms with Gasteiger partial charge >= 0.3 is 0 Å². The predicted molar refractivity (Wildman–Crippen MR) is 106 cm³/mol. The van der Waals surface area contributed by atoms with Gasteiger partial charge in [-0.1, -0.05) is 11.6 Å². The van der Waals surface area contributed by atoms with Gasteiger partial charge in [0.2, 0.25) is 15.9 Å². The second-order valence-electron chi connectivity index (χ2n) is 6.66. The lowest BCUT2D eigenvalue weighted by Gasteiger charge is -2.21. The van der Waals surface area contributed by atoms with E-state index >= 15 is 0 Å². The van der Waals surface area contributed by atoms with Gasteiger partial charge in [-0.15, -0.1) is 0 Å². The quantitative estimate of drug-likeness (QED) is 0.771. The van der Waals surface area contributed by atoms with Crippen molar-refractivity contribution in [2.75, 3.05) is 38.0 Å². The van der Waals surface area contributed by atoms with Crippen molar-refractivity contribution in [1.82, 2.24) is 9.21 Å². The van der Waals surface area contributed by atoms with Crippen LogP contribution < -0.4 is 5.32 Å². The maximum absolute atomic E-state index is 13.8. The smallest absolute Gasteiger partial charge is 0.243 e. The minimum absolute atomic E-state index is 0.00200. The van der Waals surface area contributed by atoms with E-state index in [1.165, 1.54) is 34.6 Å². The molecule has 6 nitrogen and oxygen atoms in total. The Labute approximate surface area is 173 Å². The lowest BCUT2D eigenvalue weighted by atomic mass is 10.3. The van der Waals surface area contributed by atoms with E-state index < -0.39 is 27.6 Å². The zero-order chi connectivity index (χ0) is 21.0. The van der Waals surface area contributed by atoms with Gasteiger partial charge in [-0.25, -0.2) is 17.2 Å². The first-order valence-corrected chi connectivity index (χ1v) is 10.8. The fourth-order valence-corrected chi connectivity index (χ4v) is 4.73. The van der Waals surface area contributed by atoms with Crippen LogP contribution in [-0.4, -0.2) is 56.3 Å². The number of carbonyl (C=O) groups excluding carboxylic acids is 1. The molecule has 0 aromatic heterocycles. The Morgan fingerprint density at radius 1 is 1.03 bits per heavy atom. The van der Waals surface area contributed by atoms with E-state index in [2.05, 4.69) is 5.32 Å². The third-order valence-electron chi connectivity index (χ3n) is 4.57. The summed E-state index contributed by atoms with van der Waals surface area (Å²) < 4.78 is 53.6. The van der Waals surface area contributed by atoms with Gasteiger partial charge in [0.15, 0.2) is 0 Å². The number of sulfonamides is 1. The molecule has 29 heavy (non-hydrogen) atoms. The summed E-state index contributed by atoms with van der Waals surface area (Å²) in [6, 6.07) is 8.57. The van der Waals surface area contributed by atoms with E-state index in [1.807, 2.05) is 0 Å². The second-order valence-corrected chi connectivity index (χ2v) is 9.03. The van der Waals surface area contributed by atoms with Crippen LogP contribution in [0.15, 0.2) is 47.4 Å². The van der Waals surface area contributed by atoms with E-state index in [0.717, 1.165) is 12.1 Å². The van der Waals surface area contributed by atoms with E-state index in [0.29, 0.717) is 31.1 Å². The summed E-state index contributed by atoms with van der Waals surface area (Å²) in [7, 11) is -3.74. The number of carbonyl (C=O) groups is 1. The summed E-state index contributed by atoms with van der Waals surface area (Å²) in [5, 5.41) is 2.79. The molecule has 0 spiro atoms. The van der Waals surface area contributed by atoms with Crippen molar-refractivity contribution in [3.8, 4) is 0 Å². The van der Waals surface area contributed by atoms with Crippen LogP contribution in [0.2, 0.25) is 5.02 Å². The second kappa shape index (κ2) is 9.17. The van der Waals surface area contributed by atoms with Crippen LogP contribution in [0.5, 0.6) is 0 Å². The number of hydrogen-bond acceptors (Lipinski definition) is 4. The standard InChI is InChI=1S/C19H20ClF2N3O3S/c20-14-2-7-17(22)18(12-14)23-19(26)13-24-8-1-9-25(11-10-24)29(27,28)16-5-3-15(21)4-6-16/h2-7,12H,1,8-11,13H2,(H,23,26). The molecule has 10 heteroatoms. The molecule has 156 valence electrons. The number of anilines is 1. The highest BCUT2D eigenvalue weighted by atomic mass is 35.5. The molecule has 0 unspecified atom stereocenters. The van der Waals surface area contributed by atoms with Gasteiger partial charge in [0.05, 0.1) is 17.1 Å². The molecule has 1 amide bonds. The van der Waals surface area contributed by atoms with Gasteiger partial charge in [0, 0.05) is 24.7 Å². The van der Waals surface area contributed by atoms with Gasteiger partial charge in [-0.05, 0) is 55.4 Å². The average molecular weight is 444 g/mol. The minimum atomic E-state index is -3.74. The fourth-order valence-electron chi connectivity index (χ4n) is 3.09. The molecule has 0 saturated carbocycles. The van der Waals surface area contributed by atoms with Crippen LogP contribution in [0.1, 0.15) is 6.42 Å². The number of benzene rings is 2. The highest BCUT2D eigenvalue weighted by molar-refractivity contribution is 7.89. The molecule has 0 radical (unpaired) electrons. The fraction of sp³-hybridized carbons (Fsp3) is 0.316. The topological polar surface area (TPSA) is 69.7 Å². The van der Waals surface area contributed by atoms with Crippen molar-refractivity contribution in [2.45, 2.75) is 11.3 Å². The molecule has 0 bridgehead atoms. The van der Waals surface area contributed by atoms with Crippen molar-refractivity contribution in [3.05, 3.63) is 59.1 Å². The first-order valence-electron chi connectivity index (χ1n) is 8.99. The predicted octanol–water partition coefficient (Wildman–Crippen LogP) is 2.95. The lowest BCUT2D eigenvalue weighted by Crippen LogP contribution is -2.38. The van der Waals surface area contributed by atoms with Gasteiger partial charge in [0.1, 0.15) is 11.6 Å². The zero-order valence-corrected chi connectivity index (χ0v) is 17.0. The Kier molecular flexibility index (Phi) is 6.84. The molecule has 1 N–H and O–H groups in total. The zero-order valence-electron chi connectivity index (χ0n) is 15.4. The van der Waals surface area contributed by atoms with Gasteiger partial charge in [-0.2, -0.15) is 4.31 Å². The van der Waals surface area contributed by atoms with Crippen LogP contribution in [0.25, 0.3) is 0 Å². The number of rotatable bonds is 5. The molecular weight excluding hydrogens is 424 g/mol. The molecular formula is C19H20ClF2N3O3S. The molecule has 0 aliphatic carbocycles. The van der Waals surface area contributed by atoms with E-state index in [9.17, 15) is 22.0 Å². The molecule has 1 heterocycles. The van der Waals surface area contributed by atoms with Crippen molar-refractivity contribution in [3.63, 3.8) is 0 Å². The van der Waals surface area contributed by atoms with Gasteiger partial charge in [-0.3, -0.25) is 9.69 Å². The Morgan fingerprint density at radius 3 is 2.48 bits per heavy atom. The number of hydrogen-bond donors (Lipinski definition) is 1. The molecule has 1 aliphatic heterocycles. The van der Waals surface area contributed by atoms with E-state index in [1.54, 1.807) is 4.90 Å². The Hall–Kier alpha value is -2.07. The Balaban J connectivity index is 1.60. The number of halogens is 3. The van der Waals surface area contributed by atoms with Crippen LogP contribution in [0.4, 0.5) is 14.5 Å². The summed E-state index contributed by atoms with van der Waals surface area (Å²) in [4.78, 5) is 14.1. The van der Waals surface area contributed by atoms with Gasteiger partial charge < -0.3 is 5.32 Å². The van der Waals surface area contributed by atoms with Crippen molar-refractivity contribution in [2.24, 2.45) is 0 Å². The Morgan fingerprint density at radius 2 is 1.76 bits per heavy atom. The number of amides is 1. The minimum Gasteiger partial charge on any atom is -0.322 e. The van der Waals surface area contributed by atoms with E-state index in [4.69, 9.17) is 11.6 Å². The molecule has 2 aromatic carbocycles. The van der Waals surface area contributed by atoms with Crippen molar-refractivity contribution in [1.29, 1.82) is 0 Å². The van der Waals surface area contributed by atoms with Crippen molar-refractivity contribution >= 4 is 33.2 Å². The molecule has 1 fully saturated rings. The highest BCUT2D eigenvalue weighted by Crippen LogP contribution is 2.20. The van der Waals surface area contributed by atoms with Crippen LogP contribution in [0.3, 0.4) is 0 Å². The molecule has 1 aliphatic rings. The third-order valence-corrected chi connectivity index (χ3v) is 6.72. The van der Waals surface area contributed by atoms with Crippen LogP contribution in [0, 0.1) is 11.6 Å². The SMILES string of the molecule is O=C(CN1CCCN(S(=O)(=O)c2ccc(F)cc2)CC1)Nc1cc(Cl)ccc1F. The van der Waals surface area contributed by atoms with Crippen molar-refractivity contribution < 1.29 is 22.0 Å². The van der Waals surface area contributed by atoms with E-state index in [-0.39, 0.29) is 23.7 Å². The maximum atomic E-state index is 13.8. The Bertz CT molecular complexity index is 987. The van der Waals surface area contributed by atoms with Crippen LogP contribution in [-0.2, 0) is 14.8 Å². The monoisotopic (exact) mass is 443 g/mol. The number of nitrogens with zero attached hydrogens (tertiary/aromatic N) is 2. The maximum Gasteiger partial charge on any atom is 0.243 e. The highest BCUT2D eigenvalue weighted by Gasteiger charge is 2.27. The molecule has 0 atom stereocenters. The number of nitrogens with one attached hydrogen (secondary N) is 1. The largest absolute Gasteiger partial charge is 0.322 e. The lowest BCUT2D eigenvalue weighted by molar-refractivity contribution is -0.117. The summed E-state index contributed by atoms with van der Waals surface area (Å²) in [5.41, 5.74) is -0.00200. The first kappa shape index (κ1) is 21.6. The van der Waals surface area contributed by atoms with Gasteiger partial charge in [0.25, 0.3) is 0 Å². The van der Waals surface area contributed by atoms with Crippen LogP contribution >= 0.6 is 11.6 Å². The summed E-state index contributed by atoms with van der Waals surface area (Å²) >= 11 is 5.82. The first-order chi connectivity index (χ1) is 13.8. The summed E-state index contributed by atoms with van der Waals surface area (Å²) in [6.45, 7) is 1.34. The normalized spacial score (nSPS) is 16.4. The third kappa shape index (κ3) is 5.51. The summed E-state index contributed by atoms with van der Waals surface area (Å²) in [5.74, 6) is -1.51. The molecule has 1 saturated heterocycles. The molecule has 3 rings (SSSR count).